The smallest absolute Gasteiger partial charge is 0.151 e. The Balaban J connectivity index is 1.75. The van der Waals surface area contributed by atoms with Gasteiger partial charge in [0.05, 0.1) is 5.69 Å². The summed E-state index contributed by atoms with van der Waals surface area (Å²) in [7, 11) is 2.09. The van der Waals surface area contributed by atoms with Gasteiger partial charge in [-0.3, -0.25) is 4.98 Å². The average Bonchev–Trinajstić information content (AvgIpc) is 2.56. The predicted molar refractivity (Wildman–Crippen MR) is 79.6 cm³/mol. The van der Waals surface area contributed by atoms with E-state index in [0.29, 0.717) is 6.04 Å². The molecule has 1 aliphatic rings. The fourth-order valence-corrected chi connectivity index (χ4v) is 2.53. The van der Waals surface area contributed by atoms with Crippen LogP contribution in [0.4, 0.5) is 5.82 Å². The predicted octanol–water partition coefficient (Wildman–Crippen LogP) is 1.73. The van der Waals surface area contributed by atoms with Crippen LogP contribution >= 0.6 is 0 Å². The van der Waals surface area contributed by atoms with Crippen molar-refractivity contribution < 1.29 is 0 Å². The number of likely N-dealkylation sites (N-methyl/N-ethyl adjacent to an activating group) is 1. The molecule has 1 saturated heterocycles. The molecule has 3 rings (SSSR count). The Bertz CT molecular complexity index is 534. The maximum Gasteiger partial charge on any atom is 0.151 e. The molecule has 5 nitrogen and oxygen atoms in total. The highest BCUT2D eigenvalue weighted by atomic mass is 15.3. The number of rotatable bonds is 3. The van der Waals surface area contributed by atoms with Crippen molar-refractivity contribution in [3.8, 4) is 11.3 Å². The van der Waals surface area contributed by atoms with Gasteiger partial charge in [-0.05, 0) is 43.7 Å². The molecule has 1 fully saturated rings. The molecule has 2 aromatic rings. The number of anilines is 1. The summed E-state index contributed by atoms with van der Waals surface area (Å²) in [5.74, 6) is 0.923. The van der Waals surface area contributed by atoms with Crippen molar-refractivity contribution >= 4 is 5.82 Å². The molecule has 2 aromatic heterocycles. The lowest BCUT2D eigenvalue weighted by molar-refractivity contribution is 0.442. The minimum atomic E-state index is 0.502. The van der Waals surface area contributed by atoms with Gasteiger partial charge in [0, 0.05) is 37.6 Å². The van der Waals surface area contributed by atoms with Crippen LogP contribution < -0.4 is 10.2 Å². The van der Waals surface area contributed by atoms with Crippen LogP contribution in [-0.2, 0) is 0 Å². The molecule has 1 unspecified atom stereocenters. The number of aromatic nitrogens is 3. The van der Waals surface area contributed by atoms with E-state index in [9.17, 15) is 0 Å². The second-order valence-electron chi connectivity index (χ2n) is 5.13. The summed E-state index contributed by atoms with van der Waals surface area (Å²) >= 11 is 0. The second-order valence-corrected chi connectivity index (χ2v) is 5.13. The van der Waals surface area contributed by atoms with E-state index in [2.05, 4.69) is 32.4 Å². The molecule has 20 heavy (non-hydrogen) atoms. The van der Waals surface area contributed by atoms with Crippen LogP contribution in [0.2, 0.25) is 0 Å². The molecule has 0 radical (unpaired) electrons. The molecule has 0 aliphatic carbocycles. The van der Waals surface area contributed by atoms with E-state index < -0.39 is 0 Å². The summed E-state index contributed by atoms with van der Waals surface area (Å²) in [6.07, 6.45) is 5.99. The van der Waals surface area contributed by atoms with E-state index in [4.69, 9.17) is 0 Å². The Kier molecular flexibility index (Phi) is 3.87. The van der Waals surface area contributed by atoms with Crippen LogP contribution in [0.15, 0.2) is 36.7 Å². The van der Waals surface area contributed by atoms with Gasteiger partial charge in [0.2, 0.25) is 0 Å². The molecule has 5 heteroatoms. The van der Waals surface area contributed by atoms with Crippen molar-refractivity contribution in [3.63, 3.8) is 0 Å². The molecule has 1 N–H and O–H groups in total. The van der Waals surface area contributed by atoms with E-state index in [0.717, 1.165) is 30.2 Å². The first kappa shape index (κ1) is 13.0. The van der Waals surface area contributed by atoms with Gasteiger partial charge >= 0.3 is 0 Å². The topological polar surface area (TPSA) is 53.9 Å². The lowest BCUT2D eigenvalue weighted by atomic mass is 10.1. The molecule has 3 heterocycles. The number of hydrogen-bond acceptors (Lipinski definition) is 5. The van der Waals surface area contributed by atoms with Gasteiger partial charge in [-0.1, -0.05) is 0 Å². The van der Waals surface area contributed by atoms with Crippen LogP contribution in [-0.4, -0.2) is 41.4 Å². The fraction of sp³-hybridized carbons (Fsp3) is 0.400. The zero-order chi connectivity index (χ0) is 13.8. The Hall–Kier alpha value is -2.01. The molecular formula is C15H19N5. The number of pyridine rings is 1. The average molecular weight is 269 g/mol. The number of nitrogens with one attached hydrogen (secondary N) is 1. The van der Waals surface area contributed by atoms with Crippen LogP contribution in [0.5, 0.6) is 0 Å². The lowest BCUT2D eigenvalue weighted by Gasteiger charge is -2.32. The van der Waals surface area contributed by atoms with Gasteiger partial charge in [0.1, 0.15) is 0 Å². The van der Waals surface area contributed by atoms with Crippen LogP contribution in [0.25, 0.3) is 11.3 Å². The van der Waals surface area contributed by atoms with Crippen molar-refractivity contribution in [1.29, 1.82) is 0 Å². The number of hydrogen-bond donors (Lipinski definition) is 1. The van der Waals surface area contributed by atoms with Gasteiger partial charge in [-0.15, -0.1) is 10.2 Å². The van der Waals surface area contributed by atoms with Crippen LogP contribution in [0.1, 0.15) is 12.8 Å². The highest BCUT2D eigenvalue weighted by Gasteiger charge is 2.19. The summed E-state index contributed by atoms with van der Waals surface area (Å²) in [5, 5.41) is 12.1. The third-order valence-corrected chi connectivity index (χ3v) is 3.79. The summed E-state index contributed by atoms with van der Waals surface area (Å²) in [6.45, 7) is 2.14. The van der Waals surface area contributed by atoms with E-state index in [1.54, 1.807) is 12.4 Å². The Morgan fingerprint density at radius 3 is 2.85 bits per heavy atom. The summed E-state index contributed by atoms with van der Waals surface area (Å²) in [6, 6.07) is 8.44. The lowest BCUT2D eigenvalue weighted by Crippen LogP contribution is -2.44. The highest BCUT2D eigenvalue weighted by molar-refractivity contribution is 5.58. The van der Waals surface area contributed by atoms with Gasteiger partial charge in [-0.25, -0.2) is 0 Å². The van der Waals surface area contributed by atoms with Crippen molar-refractivity contribution in [2.24, 2.45) is 0 Å². The molecule has 0 spiro atoms. The molecule has 104 valence electrons. The van der Waals surface area contributed by atoms with Crippen LogP contribution in [0.3, 0.4) is 0 Å². The largest absolute Gasteiger partial charge is 0.354 e. The van der Waals surface area contributed by atoms with E-state index in [-0.39, 0.29) is 0 Å². The van der Waals surface area contributed by atoms with Crippen molar-refractivity contribution in [2.75, 3.05) is 25.0 Å². The molecule has 1 aliphatic heterocycles. The Labute approximate surface area is 119 Å². The van der Waals surface area contributed by atoms with Gasteiger partial charge in [0.15, 0.2) is 5.82 Å². The minimum absolute atomic E-state index is 0.502. The number of nitrogens with zero attached hydrogens (tertiary/aromatic N) is 4. The van der Waals surface area contributed by atoms with E-state index in [1.165, 1.54) is 12.8 Å². The third-order valence-electron chi connectivity index (χ3n) is 3.79. The normalized spacial score (nSPS) is 18.8. The summed E-state index contributed by atoms with van der Waals surface area (Å²) < 4.78 is 0. The summed E-state index contributed by atoms with van der Waals surface area (Å²) in [5.41, 5.74) is 1.85. The van der Waals surface area contributed by atoms with Gasteiger partial charge < -0.3 is 10.2 Å². The first-order valence-electron chi connectivity index (χ1n) is 7.02. The Morgan fingerprint density at radius 2 is 2.20 bits per heavy atom. The van der Waals surface area contributed by atoms with E-state index in [1.807, 2.05) is 24.3 Å². The SMILES string of the molecule is CN(c1ccc(-c2cccnc2)nn1)C1CCCNC1. The van der Waals surface area contributed by atoms with Crippen molar-refractivity contribution in [1.82, 2.24) is 20.5 Å². The number of piperidine rings is 1. The van der Waals surface area contributed by atoms with Gasteiger partial charge in [-0.2, -0.15) is 0 Å². The van der Waals surface area contributed by atoms with Crippen molar-refractivity contribution in [2.45, 2.75) is 18.9 Å². The third kappa shape index (κ3) is 2.77. The quantitative estimate of drug-likeness (QED) is 0.919. The molecule has 0 amide bonds. The first-order chi connectivity index (χ1) is 9.84. The standard InChI is InChI=1S/C15H19N5/c1-20(13-5-3-9-17-11-13)15-7-6-14(18-19-15)12-4-2-8-16-10-12/h2,4,6-8,10,13,17H,3,5,9,11H2,1H3. The molecule has 0 saturated carbocycles. The maximum atomic E-state index is 4.35. The van der Waals surface area contributed by atoms with Crippen molar-refractivity contribution in [3.05, 3.63) is 36.7 Å². The highest BCUT2D eigenvalue weighted by Crippen LogP contribution is 2.19. The first-order valence-corrected chi connectivity index (χ1v) is 7.02. The zero-order valence-electron chi connectivity index (χ0n) is 11.7. The molecule has 0 aromatic carbocycles. The minimum Gasteiger partial charge on any atom is -0.354 e. The maximum absolute atomic E-state index is 4.35. The second kappa shape index (κ2) is 5.96. The molecule has 0 bridgehead atoms. The van der Waals surface area contributed by atoms with Gasteiger partial charge in [0.25, 0.3) is 0 Å². The molecule has 1 atom stereocenters. The monoisotopic (exact) mass is 269 g/mol. The molecular weight excluding hydrogens is 250 g/mol. The Morgan fingerprint density at radius 1 is 1.25 bits per heavy atom. The van der Waals surface area contributed by atoms with Crippen LogP contribution in [0, 0.1) is 0 Å². The van der Waals surface area contributed by atoms with E-state index >= 15 is 0 Å². The summed E-state index contributed by atoms with van der Waals surface area (Å²) in [4.78, 5) is 6.32. The zero-order valence-corrected chi connectivity index (χ0v) is 11.7. The fourth-order valence-electron chi connectivity index (χ4n) is 2.53.